The van der Waals surface area contributed by atoms with Gasteiger partial charge in [0.15, 0.2) is 0 Å². The molecule has 0 aliphatic heterocycles. The molecule has 0 amide bonds. The summed E-state index contributed by atoms with van der Waals surface area (Å²) in [5.41, 5.74) is 5.45. The number of hydrogen-bond donors (Lipinski definition) is 2. The van der Waals surface area contributed by atoms with Crippen LogP contribution < -0.4 is 10.5 Å². The molecule has 5 nitrogen and oxygen atoms in total. The van der Waals surface area contributed by atoms with Gasteiger partial charge in [-0.05, 0) is 23.5 Å². The molecule has 18 heavy (non-hydrogen) atoms. The average Bonchev–Trinajstić information content (AvgIpc) is 2.27. The summed E-state index contributed by atoms with van der Waals surface area (Å²) >= 11 is 0. The molecule has 6 heteroatoms. The molecule has 0 atom stereocenters. The second-order valence-corrected chi connectivity index (χ2v) is 7.09. The number of aromatic nitrogens is 1. The summed E-state index contributed by atoms with van der Waals surface area (Å²) in [6.07, 6.45) is 1.46. The van der Waals surface area contributed by atoms with E-state index in [9.17, 15) is 8.42 Å². The van der Waals surface area contributed by atoms with E-state index in [0.29, 0.717) is 12.5 Å². The van der Waals surface area contributed by atoms with E-state index in [1.165, 1.54) is 12.3 Å². The first-order valence-electron chi connectivity index (χ1n) is 5.87. The van der Waals surface area contributed by atoms with Crippen molar-refractivity contribution in [3.63, 3.8) is 0 Å². The maximum absolute atomic E-state index is 12.1. The van der Waals surface area contributed by atoms with Gasteiger partial charge in [-0.15, -0.1) is 0 Å². The van der Waals surface area contributed by atoms with Crippen LogP contribution in [0.5, 0.6) is 0 Å². The Balaban J connectivity index is 2.88. The second-order valence-electron chi connectivity index (χ2n) is 5.35. The summed E-state index contributed by atoms with van der Waals surface area (Å²) in [6, 6.07) is 3.01. The van der Waals surface area contributed by atoms with Gasteiger partial charge in [0.1, 0.15) is 10.7 Å². The summed E-state index contributed by atoms with van der Waals surface area (Å²) in [7, 11) is -3.60. The van der Waals surface area contributed by atoms with Gasteiger partial charge in [0, 0.05) is 12.7 Å². The standard InChI is InChI=1S/C12H21N3O2S/c1-9(2)12(3,4)8-15-18(16,17)10-6-5-7-14-11(10)13/h5-7,9,15H,8H2,1-4H3,(H2,13,14). The first-order chi connectivity index (χ1) is 8.17. The minimum Gasteiger partial charge on any atom is -0.383 e. The number of anilines is 1. The van der Waals surface area contributed by atoms with Crippen molar-refractivity contribution in [2.45, 2.75) is 32.6 Å². The van der Waals surface area contributed by atoms with Gasteiger partial charge < -0.3 is 5.73 Å². The van der Waals surface area contributed by atoms with Crippen LogP contribution in [-0.2, 0) is 10.0 Å². The number of rotatable bonds is 5. The number of nitrogens with zero attached hydrogens (tertiary/aromatic N) is 1. The fourth-order valence-electron chi connectivity index (χ4n) is 1.19. The molecule has 0 saturated heterocycles. The summed E-state index contributed by atoms with van der Waals surface area (Å²) < 4.78 is 26.8. The van der Waals surface area contributed by atoms with Gasteiger partial charge in [0.25, 0.3) is 0 Å². The molecule has 1 heterocycles. The van der Waals surface area contributed by atoms with Gasteiger partial charge in [-0.25, -0.2) is 18.1 Å². The van der Waals surface area contributed by atoms with E-state index < -0.39 is 10.0 Å². The molecule has 0 fully saturated rings. The van der Waals surface area contributed by atoms with Crippen LogP contribution in [0.2, 0.25) is 0 Å². The highest BCUT2D eigenvalue weighted by Gasteiger charge is 2.26. The first-order valence-corrected chi connectivity index (χ1v) is 7.35. The van der Waals surface area contributed by atoms with E-state index in [-0.39, 0.29) is 16.1 Å². The van der Waals surface area contributed by atoms with Crippen LogP contribution >= 0.6 is 0 Å². The van der Waals surface area contributed by atoms with Gasteiger partial charge >= 0.3 is 0 Å². The van der Waals surface area contributed by atoms with Crippen molar-refractivity contribution < 1.29 is 8.42 Å². The van der Waals surface area contributed by atoms with Crippen LogP contribution in [0, 0.1) is 11.3 Å². The zero-order valence-corrected chi connectivity index (χ0v) is 12.1. The maximum Gasteiger partial charge on any atom is 0.244 e. The predicted molar refractivity (Wildman–Crippen MR) is 72.5 cm³/mol. The first kappa shape index (κ1) is 14.9. The van der Waals surface area contributed by atoms with Crippen molar-refractivity contribution in [2.75, 3.05) is 12.3 Å². The molecule has 0 bridgehead atoms. The lowest BCUT2D eigenvalue weighted by molar-refractivity contribution is 0.252. The van der Waals surface area contributed by atoms with Crippen molar-refractivity contribution >= 4 is 15.8 Å². The Morgan fingerprint density at radius 3 is 2.56 bits per heavy atom. The molecule has 0 aliphatic carbocycles. The van der Waals surface area contributed by atoms with E-state index in [1.807, 2.05) is 13.8 Å². The molecule has 0 aliphatic rings. The maximum atomic E-state index is 12.1. The zero-order chi connectivity index (χ0) is 14.0. The summed E-state index contributed by atoms with van der Waals surface area (Å²) in [5, 5.41) is 0. The molecule has 0 saturated carbocycles. The van der Waals surface area contributed by atoms with Crippen molar-refractivity contribution in [3.05, 3.63) is 18.3 Å². The van der Waals surface area contributed by atoms with E-state index in [1.54, 1.807) is 6.07 Å². The Morgan fingerprint density at radius 1 is 1.44 bits per heavy atom. The molecule has 0 unspecified atom stereocenters. The van der Waals surface area contributed by atoms with Gasteiger partial charge in [-0.2, -0.15) is 0 Å². The number of hydrogen-bond acceptors (Lipinski definition) is 4. The summed E-state index contributed by atoms with van der Waals surface area (Å²) in [5.74, 6) is 0.388. The Hall–Kier alpha value is -1.14. The van der Waals surface area contributed by atoms with Crippen LogP contribution in [0.15, 0.2) is 23.2 Å². The van der Waals surface area contributed by atoms with Gasteiger partial charge in [-0.1, -0.05) is 27.7 Å². The highest BCUT2D eigenvalue weighted by Crippen LogP contribution is 2.25. The SMILES string of the molecule is CC(C)C(C)(C)CNS(=O)(=O)c1cccnc1N. The average molecular weight is 271 g/mol. The molecule has 0 radical (unpaired) electrons. The lowest BCUT2D eigenvalue weighted by atomic mass is 9.81. The monoisotopic (exact) mass is 271 g/mol. The van der Waals surface area contributed by atoms with Gasteiger partial charge in [-0.3, -0.25) is 0 Å². The summed E-state index contributed by atoms with van der Waals surface area (Å²) in [6.45, 7) is 8.53. The van der Waals surface area contributed by atoms with E-state index in [4.69, 9.17) is 5.73 Å². The lowest BCUT2D eigenvalue weighted by Crippen LogP contribution is -2.37. The van der Waals surface area contributed by atoms with Crippen molar-refractivity contribution in [1.82, 2.24) is 9.71 Å². The summed E-state index contributed by atoms with van der Waals surface area (Å²) in [4.78, 5) is 3.82. The Morgan fingerprint density at radius 2 is 2.06 bits per heavy atom. The van der Waals surface area contributed by atoms with Crippen LogP contribution in [0.3, 0.4) is 0 Å². The molecule has 0 aromatic carbocycles. The third kappa shape index (κ3) is 3.43. The molecular formula is C12H21N3O2S. The van der Waals surface area contributed by atoms with Crippen LogP contribution in [0.25, 0.3) is 0 Å². The molecule has 3 N–H and O–H groups in total. The van der Waals surface area contributed by atoms with E-state index in [2.05, 4.69) is 23.6 Å². The topological polar surface area (TPSA) is 85.1 Å². The quantitative estimate of drug-likeness (QED) is 0.852. The third-order valence-corrected chi connectivity index (χ3v) is 4.82. The Kier molecular flexibility index (Phi) is 4.34. The molecule has 1 aromatic rings. The van der Waals surface area contributed by atoms with Gasteiger partial charge in [0.05, 0.1) is 0 Å². The molecule has 0 spiro atoms. The highest BCUT2D eigenvalue weighted by atomic mass is 32.2. The fourth-order valence-corrected chi connectivity index (χ4v) is 2.50. The molecule has 1 rings (SSSR count). The molecule has 1 aromatic heterocycles. The molecule has 102 valence electrons. The smallest absolute Gasteiger partial charge is 0.244 e. The van der Waals surface area contributed by atoms with Crippen molar-refractivity contribution in [1.29, 1.82) is 0 Å². The second kappa shape index (κ2) is 5.24. The highest BCUT2D eigenvalue weighted by molar-refractivity contribution is 7.89. The normalized spacial score (nSPS) is 12.9. The van der Waals surface area contributed by atoms with Crippen molar-refractivity contribution in [3.8, 4) is 0 Å². The van der Waals surface area contributed by atoms with E-state index in [0.717, 1.165) is 0 Å². The molecular weight excluding hydrogens is 250 g/mol. The minimum atomic E-state index is -3.60. The van der Waals surface area contributed by atoms with Crippen LogP contribution in [0.4, 0.5) is 5.82 Å². The zero-order valence-electron chi connectivity index (χ0n) is 11.3. The Labute approximate surface area is 109 Å². The third-order valence-electron chi connectivity index (χ3n) is 3.37. The number of nitrogens with two attached hydrogens (primary N) is 1. The number of sulfonamides is 1. The number of nitrogen functional groups attached to an aromatic ring is 1. The largest absolute Gasteiger partial charge is 0.383 e. The lowest BCUT2D eigenvalue weighted by Gasteiger charge is -2.29. The Bertz CT molecular complexity index is 510. The van der Waals surface area contributed by atoms with Crippen LogP contribution in [-0.4, -0.2) is 19.9 Å². The number of nitrogens with one attached hydrogen (secondary N) is 1. The van der Waals surface area contributed by atoms with Crippen molar-refractivity contribution in [2.24, 2.45) is 11.3 Å². The number of pyridine rings is 1. The fraction of sp³-hybridized carbons (Fsp3) is 0.583. The van der Waals surface area contributed by atoms with E-state index >= 15 is 0 Å². The minimum absolute atomic E-state index is 0.0207. The van der Waals surface area contributed by atoms with Crippen LogP contribution in [0.1, 0.15) is 27.7 Å². The predicted octanol–water partition coefficient (Wildman–Crippen LogP) is 1.62. The van der Waals surface area contributed by atoms with Gasteiger partial charge in [0.2, 0.25) is 10.0 Å².